The Labute approximate surface area is 140 Å². The Morgan fingerprint density at radius 1 is 1.12 bits per heavy atom. The summed E-state index contributed by atoms with van der Waals surface area (Å²) in [5.41, 5.74) is 1.05. The number of hydrogen-bond acceptors (Lipinski definition) is 5. The molecule has 1 N–H and O–H groups in total. The molecule has 0 aromatic heterocycles. The first kappa shape index (κ1) is 17.7. The largest absolute Gasteiger partial charge is 0.495 e. The summed E-state index contributed by atoms with van der Waals surface area (Å²) in [6.45, 7) is 4.64. The Bertz CT molecular complexity index is 907. The van der Waals surface area contributed by atoms with E-state index in [1.165, 1.54) is 20.1 Å². The van der Waals surface area contributed by atoms with Crippen LogP contribution in [-0.4, -0.2) is 20.5 Å². The molecule has 0 heterocycles. The lowest BCUT2D eigenvalue weighted by Gasteiger charge is -2.15. The van der Waals surface area contributed by atoms with Crippen LogP contribution in [-0.2, 0) is 10.0 Å². The van der Waals surface area contributed by atoms with E-state index in [-0.39, 0.29) is 21.8 Å². The van der Waals surface area contributed by atoms with Crippen molar-refractivity contribution >= 4 is 21.4 Å². The summed E-state index contributed by atoms with van der Waals surface area (Å²) < 4.78 is 33.2. The smallest absolute Gasteiger partial charge is 0.276 e. The van der Waals surface area contributed by atoms with E-state index < -0.39 is 14.9 Å². The maximum atomic E-state index is 12.8. The van der Waals surface area contributed by atoms with E-state index in [2.05, 4.69) is 4.72 Å². The topological polar surface area (TPSA) is 98.5 Å². The highest BCUT2D eigenvalue weighted by Gasteiger charge is 2.28. The quantitative estimate of drug-likeness (QED) is 0.659. The first-order valence-electron chi connectivity index (χ1n) is 7.10. The Hall–Kier alpha value is -2.61. The number of hydrogen-bond donors (Lipinski definition) is 1. The van der Waals surface area contributed by atoms with Crippen molar-refractivity contribution < 1.29 is 18.1 Å². The highest BCUT2D eigenvalue weighted by molar-refractivity contribution is 7.92. The second-order valence-electron chi connectivity index (χ2n) is 5.38. The number of nitro benzene ring substituents is 1. The predicted molar refractivity (Wildman–Crippen MR) is 91.1 cm³/mol. The van der Waals surface area contributed by atoms with Crippen LogP contribution < -0.4 is 9.46 Å². The number of nitrogens with zero attached hydrogens (tertiary/aromatic N) is 1. The molecule has 8 heteroatoms. The van der Waals surface area contributed by atoms with Crippen LogP contribution in [0.2, 0.25) is 0 Å². The summed E-state index contributed by atoms with van der Waals surface area (Å²) in [6.07, 6.45) is 0. The first-order chi connectivity index (χ1) is 11.2. The number of ether oxygens (including phenoxy) is 1. The minimum absolute atomic E-state index is 0.0919. The van der Waals surface area contributed by atoms with Gasteiger partial charge in [-0.1, -0.05) is 12.1 Å². The van der Waals surface area contributed by atoms with Gasteiger partial charge in [0.25, 0.3) is 15.7 Å². The number of para-hydroxylation sites is 2. The summed E-state index contributed by atoms with van der Waals surface area (Å²) in [5.74, 6) is 0.359. The van der Waals surface area contributed by atoms with E-state index in [4.69, 9.17) is 4.74 Å². The zero-order valence-electron chi connectivity index (χ0n) is 13.8. The van der Waals surface area contributed by atoms with Crippen molar-refractivity contribution in [2.75, 3.05) is 11.8 Å². The van der Waals surface area contributed by atoms with Gasteiger partial charge in [-0.3, -0.25) is 14.8 Å². The molecular formula is C16H18N2O5S. The number of methoxy groups -OCH3 is 1. The molecule has 0 aliphatic rings. The van der Waals surface area contributed by atoms with Crippen molar-refractivity contribution in [3.05, 3.63) is 57.1 Å². The molecule has 0 aliphatic carbocycles. The van der Waals surface area contributed by atoms with Crippen LogP contribution in [0.4, 0.5) is 11.4 Å². The van der Waals surface area contributed by atoms with Crippen LogP contribution in [0.1, 0.15) is 16.7 Å². The number of sulfonamides is 1. The van der Waals surface area contributed by atoms with Gasteiger partial charge in [0.05, 0.1) is 22.6 Å². The fraction of sp³-hybridized carbons (Fsp3) is 0.250. The monoisotopic (exact) mass is 350 g/mol. The molecular weight excluding hydrogens is 332 g/mol. The molecule has 0 radical (unpaired) electrons. The summed E-state index contributed by atoms with van der Waals surface area (Å²) in [6, 6.07) is 8.06. The minimum Gasteiger partial charge on any atom is -0.495 e. The maximum Gasteiger partial charge on any atom is 0.276 e. The fourth-order valence-electron chi connectivity index (χ4n) is 2.78. The molecule has 2 aromatic rings. The van der Waals surface area contributed by atoms with Crippen LogP contribution in [0.15, 0.2) is 35.2 Å². The number of anilines is 1. The molecule has 128 valence electrons. The molecule has 0 unspecified atom stereocenters. The molecule has 2 aromatic carbocycles. The molecule has 0 bridgehead atoms. The molecule has 24 heavy (non-hydrogen) atoms. The highest BCUT2D eigenvalue weighted by atomic mass is 32.2. The molecule has 0 fully saturated rings. The summed E-state index contributed by atoms with van der Waals surface area (Å²) in [7, 11) is -2.58. The maximum absolute atomic E-state index is 12.8. The van der Waals surface area contributed by atoms with Gasteiger partial charge in [-0.25, -0.2) is 8.42 Å². The van der Waals surface area contributed by atoms with Crippen molar-refractivity contribution in [2.45, 2.75) is 25.7 Å². The van der Waals surface area contributed by atoms with E-state index in [0.29, 0.717) is 16.9 Å². The SMILES string of the molecule is COc1ccccc1NS(=O)(=O)c1c(C)cc(C)c([N+](=O)[O-])c1C. The number of benzene rings is 2. The third-order valence-corrected chi connectivity index (χ3v) is 5.32. The Morgan fingerprint density at radius 2 is 1.75 bits per heavy atom. The molecule has 2 rings (SSSR count). The normalized spacial score (nSPS) is 11.2. The first-order valence-corrected chi connectivity index (χ1v) is 8.58. The van der Waals surface area contributed by atoms with Gasteiger partial charge in [-0.15, -0.1) is 0 Å². The molecule has 7 nitrogen and oxygen atoms in total. The van der Waals surface area contributed by atoms with Gasteiger partial charge < -0.3 is 4.74 Å². The summed E-state index contributed by atoms with van der Waals surface area (Å²) in [5, 5.41) is 11.3. The summed E-state index contributed by atoms with van der Waals surface area (Å²) >= 11 is 0. The molecule has 0 saturated heterocycles. The van der Waals surface area contributed by atoms with E-state index in [9.17, 15) is 18.5 Å². The molecule has 0 saturated carbocycles. The average molecular weight is 350 g/mol. The zero-order chi connectivity index (χ0) is 18.1. The van der Waals surface area contributed by atoms with Crippen molar-refractivity contribution in [2.24, 2.45) is 0 Å². The van der Waals surface area contributed by atoms with E-state index in [0.717, 1.165) is 0 Å². The van der Waals surface area contributed by atoms with Crippen molar-refractivity contribution in [3.63, 3.8) is 0 Å². The summed E-state index contributed by atoms with van der Waals surface area (Å²) in [4.78, 5) is 10.6. The van der Waals surface area contributed by atoms with Crippen LogP contribution in [0, 0.1) is 30.9 Å². The number of nitro groups is 1. The average Bonchev–Trinajstić information content (AvgIpc) is 2.45. The van der Waals surface area contributed by atoms with Gasteiger partial charge in [-0.2, -0.15) is 0 Å². The van der Waals surface area contributed by atoms with Gasteiger partial charge >= 0.3 is 0 Å². The predicted octanol–water partition coefficient (Wildman–Crippen LogP) is 3.33. The third-order valence-electron chi connectivity index (χ3n) is 3.66. The zero-order valence-corrected chi connectivity index (χ0v) is 14.6. The van der Waals surface area contributed by atoms with Gasteiger partial charge in [0.2, 0.25) is 0 Å². The number of rotatable bonds is 5. The highest BCUT2D eigenvalue weighted by Crippen LogP contribution is 2.34. The van der Waals surface area contributed by atoms with E-state index in [1.807, 2.05) is 0 Å². The molecule has 0 amide bonds. The van der Waals surface area contributed by atoms with Gasteiger partial charge in [-0.05, 0) is 44.5 Å². The van der Waals surface area contributed by atoms with E-state index >= 15 is 0 Å². The fourth-order valence-corrected chi connectivity index (χ4v) is 4.32. The lowest BCUT2D eigenvalue weighted by Crippen LogP contribution is -2.17. The number of aryl methyl sites for hydroxylation is 2. The van der Waals surface area contributed by atoms with Crippen molar-refractivity contribution in [3.8, 4) is 5.75 Å². The second-order valence-corrected chi connectivity index (χ2v) is 7.00. The van der Waals surface area contributed by atoms with Gasteiger partial charge in [0.15, 0.2) is 0 Å². The Balaban J connectivity index is 2.62. The van der Waals surface area contributed by atoms with Crippen LogP contribution in [0.25, 0.3) is 0 Å². The Morgan fingerprint density at radius 3 is 2.33 bits per heavy atom. The number of nitrogens with one attached hydrogen (secondary N) is 1. The Kier molecular flexibility index (Phi) is 4.79. The van der Waals surface area contributed by atoms with Crippen molar-refractivity contribution in [1.29, 1.82) is 0 Å². The van der Waals surface area contributed by atoms with Gasteiger partial charge in [0, 0.05) is 11.1 Å². The molecule has 0 atom stereocenters. The molecule has 0 spiro atoms. The second kappa shape index (κ2) is 6.48. The van der Waals surface area contributed by atoms with Crippen molar-refractivity contribution in [1.82, 2.24) is 0 Å². The van der Waals surface area contributed by atoms with E-state index in [1.54, 1.807) is 38.1 Å². The van der Waals surface area contributed by atoms with Gasteiger partial charge in [0.1, 0.15) is 5.75 Å². The standard InChI is InChI=1S/C16H18N2O5S/c1-10-9-11(2)16(12(3)15(10)18(19)20)24(21,22)17-13-7-5-6-8-14(13)23-4/h5-9,17H,1-4H3. The van der Waals surface area contributed by atoms with Crippen LogP contribution in [0.5, 0.6) is 5.75 Å². The lowest BCUT2D eigenvalue weighted by molar-refractivity contribution is -0.386. The third kappa shape index (κ3) is 3.18. The lowest BCUT2D eigenvalue weighted by atomic mass is 10.1. The minimum atomic E-state index is -4.01. The van der Waals surface area contributed by atoms with Crippen LogP contribution >= 0.6 is 0 Å². The van der Waals surface area contributed by atoms with Crippen LogP contribution in [0.3, 0.4) is 0 Å². The molecule has 0 aliphatic heterocycles.